The van der Waals surface area contributed by atoms with Crippen molar-refractivity contribution >= 4 is 28.4 Å². The third-order valence-corrected chi connectivity index (χ3v) is 8.11. The SMILES string of the molecule is Cc1ccc(CN2CCC(CNC(=O)C3CCCN(c4nc5ncccc5n5cccc45)C3)CC2)cc1. The fraction of sp³-hybridized carbons (Fsp3) is 0.433. The van der Waals surface area contributed by atoms with E-state index in [4.69, 9.17) is 4.98 Å². The Morgan fingerprint density at radius 3 is 2.65 bits per heavy atom. The minimum atomic E-state index is -0.00776. The second-order valence-electron chi connectivity index (χ2n) is 10.8. The molecule has 1 unspecified atom stereocenters. The van der Waals surface area contributed by atoms with Gasteiger partial charge in [-0.3, -0.25) is 9.69 Å². The van der Waals surface area contributed by atoms with Crippen molar-refractivity contribution in [3.8, 4) is 0 Å². The molecular weight excluding hydrogens is 460 g/mol. The number of piperidine rings is 2. The molecule has 7 nitrogen and oxygen atoms in total. The maximum Gasteiger partial charge on any atom is 0.224 e. The van der Waals surface area contributed by atoms with Crippen molar-refractivity contribution in [2.45, 2.75) is 39.2 Å². The number of aryl methyl sites for hydroxylation is 1. The van der Waals surface area contributed by atoms with Gasteiger partial charge in [-0.25, -0.2) is 9.97 Å². The summed E-state index contributed by atoms with van der Waals surface area (Å²) in [5.41, 5.74) is 5.50. The van der Waals surface area contributed by atoms with E-state index in [1.54, 1.807) is 6.20 Å². The number of aromatic nitrogens is 3. The maximum atomic E-state index is 13.2. The second kappa shape index (κ2) is 10.5. The van der Waals surface area contributed by atoms with Gasteiger partial charge in [-0.05, 0) is 81.4 Å². The number of carbonyl (C=O) groups is 1. The number of amides is 1. The van der Waals surface area contributed by atoms with E-state index >= 15 is 0 Å². The van der Waals surface area contributed by atoms with Gasteiger partial charge in [0.2, 0.25) is 5.91 Å². The van der Waals surface area contributed by atoms with E-state index in [1.165, 1.54) is 11.1 Å². The summed E-state index contributed by atoms with van der Waals surface area (Å²) in [5, 5.41) is 3.30. The number of likely N-dealkylation sites (tertiary alicyclic amines) is 1. The Balaban J connectivity index is 1.04. The lowest BCUT2D eigenvalue weighted by Crippen LogP contribution is -2.45. The standard InChI is InChI=1S/C30H36N6O/c1-22-8-10-24(11-9-22)20-34-17-12-23(13-18-34)19-32-30(37)25-5-3-15-35(21-25)29-27-7-4-16-36(27)26-6-2-14-31-28(26)33-29/h2,4,6-11,14,16,23,25H,3,5,12-13,15,17-21H2,1H3,(H,32,37). The van der Waals surface area contributed by atoms with Gasteiger partial charge < -0.3 is 14.6 Å². The smallest absolute Gasteiger partial charge is 0.224 e. The molecule has 0 spiro atoms. The van der Waals surface area contributed by atoms with Crippen LogP contribution in [0, 0.1) is 18.8 Å². The molecule has 192 valence electrons. The average molecular weight is 497 g/mol. The minimum absolute atomic E-state index is 0.00776. The molecule has 0 radical (unpaired) electrons. The largest absolute Gasteiger partial charge is 0.356 e. The molecule has 1 amide bonds. The maximum absolute atomic E-state index is 13.2. The van der Waals surface area contributed by atoms with Crippen molar-refractivity contribution in [2.75, 3.05) is 37.6 Å². The molecule has 1 N–H and O–H groups in total. The van der Waals surface area contributed by atoms with Crippen molar-refractivity contribution in [1.82, 2.24) is 24.6 Å². The van der Waals surface area contributed by atoms with Crippen LogP contribution in [-0.2, 0) is 11.3 Å². The van der Waals surface area contributed by atoms with Crippen LogP contribution in [0.15, 0.2) is 60.9 Å². The Morgan fingerprint density at radius 1 is 1.00 bits per heavy atom. The Morgan fingerprint density at radius 2 is 1.81 bits per heavy atom. The lowest BCUT2D eigenvalue weighted by Gasteiger charge is -2.34. The zero-order valence-electron chi connectivity index (χ0n) is 21.6. The van der Waals surface area contributed by atoms with Crippen molar-refractivity contribution < 1.29 is 4.79 Å². The molecule has 0 bridgehead atoms. The molecule has 1 atom stereocenters. The highest BCUT2D eigenvalue weighted by Crippen LogP contribution is 2.28. The first kappa shape index (κ1) is 23.9. The number of hydrogen-bond donors (Lipinski definition) is 1. The van der Waals surface area contributed by atoms with E-state index < -0.39 is 0 Å². The highest BCUT2D eigenvalue weighted by atomic mass is 16.1. The van der Waals surface area contributed by atoms with Gasteiger partial charge in [0.1, 0.15) is 0 Å². The fourth-order valence-corrected chi connectivity index (χ4v) is 5.90. The Kier molecular flexibility index (Phi) is 6.79. The molecule has 1 aromatic carbocycles. The van der Waals surface area contributed by atoms with Crippen LogP contribution >= 0.6 is 0 Å². The normalized spacial score (nSPS) is 19.5. The van der Waals surface area contributed by atoms with Crippen molar-refractivity contribution in [1.29, 1.82) is 0 Å². The summed E-state index contributed by atoms with van der Waals surface area (Å²) in [6.07, 6.45) is 8.05. The minimum Gasteiger partial charge on any atom is -0.356 e. The number of pyridine rings is 1. The fourth-order valence-electron chi connectivity index (χ4n) is 5.90. The molecule has 2 saturated heterocycles. The Bertz CT molecular complexity index is 1370. The summed E-state index contributed by atoms with van der Waals surface area (Å²) < 4.78 is 2.15. The summed E-state index contributed by atoms with van der Waals surface area (Å²) in [6.45, 7) is 7.75. The monoisotopic (exact) mass is 496 g/mol. The van der Waals surface area contributed by atoms with Crippen molar-refractivity contribution in [3.05, 3.63) is 72.1 Å². The van der Waals surface area contributed by atoms with Gasteiger partial charge >= 0.3 is 0 Å². The van der Waals surface area contributed by atoms with Crippen LogP contribution in [0.2, 0.25) is 0 Å². The van der Waals surface area contributed by atoms with E-state index in [-0.39, 0.29) is 11.8 Å². The van der Waals surface area contributed by atoms with Crippen LogP contribution in [0.3, 0.4) is 0 Å². The van der Waals surface area contributed by atoms with Crippen LogP contribution in [0.5, 0.6) is 0 Å². The third-order valence-electron chi connectivity index (χ3n) is 8.11. The zero-order valence-corrected chi connectivity index (χ0v) is 21.6. The van der Waals surface area contributed by atoms with Crippen LogP contribution in [0.25, 0.3) is 16.7 Å². The van der Waals surface area contributed by atoms with Gasteiger partial charge in [-0.1, -0.05) is 29.8 Å². The molecule has 4 aromatic rings. The predicted octanol–water partition coefficient (Wildman–Crippen LogP) is 4.44. The highest BCUT2D eigenvalue weighted by Gasteiger charge is 2.29. The first-order valence-corrected chi connectivity index (χ1v) is 13.7. The van der Waals surface area contributed by atoms with Crippen LogP contribution in [0.1, 0.15) is 36.8 Å². The van der Waals surface area contributed by atoms with Crippen LogP contribution < -0.4 is 10.2 Å². The molecule has 0 aliphatic carbocycles. The molecule has 0 saturated carbocycles. The highest BCUT2D eigenvalue weighted by molar-refractivity contribution is 5.84. The first-order chi connectivity index (χ1) is 18.1. The van der Waals surface area contributed by atoms with Gasteiger partial charge in [0, 0.05) is 38.6 Å². The van der Waals surface area contributed by atoms with E-state index in [0.29, 0.717) is 12.5 Å². The van der Waals surface area contributed by atoms with E-state index in [9.17, 15) is 4.79 Å². The average Bonchev–Trinajstić information content (AvgIpc) is 3.44. The first-order valence-electron chi connectivity index (χ1n) is 13.7. The number of carbonyl (C=O) groups excluding carboxylic acids is 1. The Labute approximate surface area is 218 Å². The predicted molar refractivity (Wildman–Crippen MR) is 148 cm³/mol. The molecule has 2 aliphatic heterocycles. The van der Waals surface area contributed by atoms with Crippen molar-refractivity contribution in [3.63, 3.8) is 0 Å². The van der Waals surface area contributed by atoms with Crippen LogP contribution in [0.4, 0.5) is 5.82 Å². The molecule has 2 aliphatic rings. The van der Waals surface area contributed by atoms with Gasteiger partial charge in [0.05, 0.1) is 17.0 Å². The van der Waals surface area contributed by atoms with Gasteiger partial charge in [-0.15, -0.1) is 0 Å². The number of hydrogen-bond acceptors (Lipinski definition) is 5. The third kappa shape index (κ3) is 5.18. The molecule has 3 aromatic heterocycles. The number of nitrogens with one attached hydrogen (secondary N) is 1. The molecule has 2 fully saturated rings. The number of benzene rings is 1. The summed E-state index contributed by atoms with van der Waals surface area (Å²) in [6, 6.07) is 17.0. The lowest BCUT2D eigenvalue weighted by molar-refractivity contribution is -0.125. The van der Waals surface area contributed by atoms with Gasteiger partial charge in [0.15, 0.2) is 11.5 Å². The van der Waals surface area contributed by atoms with E-state index in [0.717, 1.165) is 80.9 Å². The number of fused-ring (bicyclic) bond motifs is 3. The van der Waals surface area contributed by atoms with Gasteiger partial charge in [-0.2, -0.15) is 0 Å². The number of rotatable bonds is 6. The van der Waals surface area contributed by atoms with Crippen molar-refractivity contribution in [2.24, 2.45) is 11.8 Å². The number of anilines is 1. The second-order valence-corrected chi connectivity index (χ2v) is 10.8. The summed E-state index contributed by atoms with van der Waals surface area (Å²) in [7, 11) is 0. The topological polar surface area (TPSA) is 65.8 Å². The molecule has 7 heteroatoms. The quantitative estimate of drug-likeness (QED) is 0.428. The van der Waals surface area contributed by atoms with E-state index in [1.807, 2.05) is 18.2 Å². The lowest BCUT2D eigenvalue weighted by atomic mass is 9.94. The number of nitrogens with zero attached hydrogens (tertiary/aromatic N) is 5. The van der Waals surface area contributed by atoms with E-state index in [2.05, 4.69) is 68.0 Å². The zero-order chi connectivity index (χ0) is 25.2. The summed E-state index contributed by atoms with van der Waals surface area (Å²) >= 11 is 0. The van der Waals surface area contributed by atoms with Crippen LogP contribution in [-0.4, -0.2) is 57.9 Å². The van der Waals surface area contributed by atoms with Gasteiger partial charge in [0.25, 0.3) is 0 Å². The summed E-state index contributed by atoms with van der Waals surface area (Å²) in [5.74, 6) is 1.67. The summed E-state index contributed by atoms with van der Waals surface area (Å²) in [4.78, 5) is 27.4. The molecule has 37 heavy (non-hydrogen) atoms. The molecule has 6 rings (SSSR count). The molecule has 5 heterocycles. The Hall–Kier alpha value is -3.45. The molecular formula is C30H36N6O.